The number of aliphatic hydroxyl groups excluding tert-OH is 2. The highest BCUT2D eigenvalue weighted by Crippen LogP contribution is 2.39. The first-order chi connectivity index (χ1) is 18.3. The van der Waals surface area contributed by atoms with Gasteiger partial charge in [0.15, 0.2) is 11.6 Å². The largest absolute Gasteiger partial charge is 0.497 e. The number of pyridine rings is 1. The highest BCUT2D eigenvalue weighted by Gasteiger charge is 2.34. The quantitative estimate of drug-likeness (QED) is 0.242. The molecule has 2 aromatic carbocycles. The standard InChI is InChI=1S/C29H30F4N2O3/c1-38-22-4-5-25-23(15-22)27(20(16-30)17-34-25)26(37)6-7-29(18-36)8-11-35(12-9-29)10-2-3-19-13-21(31)14-24(32)28(19)33/h4-5,13-15,17,26,36-37H,6-12,16,18H2,1H3/t26-/m0/s1. The average Bonchev–Trinajstić information content (AvgIpc) is 2.94. The van der Waals surface area contributed by atoms with Crippen LogP contribution in [0.2, 0.25) is 0 Å². The maximum atomic E-state index is 13.8. The second kappa shape index (κ2) is 12.1. The molecule has 0 spiro atoms. The summed E-state index contributed by atoms with van der Waals surface area (Å²) >= 11 is 0. The molecule has 0 amide bonds. The van der Waals surface area contributed by atoms with Gasteiger partial charge in [-0.2, -0.15) is 0 Å². The number of alkyl halides is 1. The van der Waals surface area contributed by atoms with Crippen molar-refractivity contribution in [3.63, 3.8) is 0 Å². The number of aromatic nitrogens is 1. The smallest absolute Gasteiger partial charge is 0.174 e. The van der Waals surface area contributed by atoms with Crippen molar-refractivity contribution in [2.45, 2.75) is 38.5 Å². The monoisotopic (exact) mass is 530 g/mol. The lowest BCUT2D eigenvalue weighted by Crippen LogP contribution is -2.42. The van der Waals surface area contributed by atoms with Crippen LogP contribution >= 0.6 is 0 Å². The maximum absolute atomic E-state index is 13.8. The molecule has 9 heteroatoms. The van der Waals surface area contributed by atoms with Gasteiger partial charge in [-0.15, -0.1) is 0 Å². The molecule has 0 bridgehead atoms. The Morgan fingerprint density at radius 1 is 1.16 bits per heavy atom. The summed E-state index contributed by atoms with van der Waals surface area (Å²) in [6, 6.07) is 6.60. The number of ether oxygens (including phenoxy) is 1. The van der Waals surface area contributed by atoms with Gasteiger partial charge in [-0.3, -0.25) is 9.88 Å². The van der Waals surface area contributed by atoms with Gasteiger partial charge < -0.3 is 14.9 Å². The van der Waals surface area contributed by atoms with E-state index in [1.54, 1.807) is 18.2 Å². The van der Waals surface area contributed by atoms with Crippen LogP contribution in [0.5, 0.6) is 5.75 Å². The number of rotatable bonds is 8. The number of nitrogens with zero attached hydrogens (tertiary/aromatic N) is 2. The molecule has 1 atom stereocenters. The van der Waals surface area contributed by atoms with Crippen LogP contribution in [0.3, 0.4) is 0 Å². The van der Waals surface area contributed by atoms with Gasteiger partial charge in [-0.25, -0.2) is 17.6 Å². The predicted octanol–water partition coefficient (Wildman–Crippen LogP) is 5.07. The molecule has 1 fully saturated rings. The fourth-order valence-electron chi connectivity index (χ4n) is 5.01. The molecule has 0 aliphatic carbocycles. The summed E-state index contributed by atoms with van der Waals surface area (Å²) < 4.78 is 59.6. The third-order valence-electron chi connectivity index (χ3n) is 7.40. The van der Waals surface area contributed by atoms with E-state index in [1.165, 1.54) is 13.3 Å². The van der Waals surface area contributed by atoms with Gasteiger partial charge in [0.25, 0.3) is 0 Å². The molecule has 2 heterocycles. The Morgan fingerprint density at radius 2 is 1.92 bits per heavy atom. The molecule has 2 N–H and O–H groups in total. The molecule has 1 aliphatic heterocycles. The molecule has 0 saturated carbocycles. The van der Waals surface area contributed by atoms with Gasteiger partial charge in [-0.1, -0.05) is 11.8 Å². The molecule has 1 saturated heterocycles. The van der Waals surface area contributed by atoms with Crippen molar-refractivity contribution in [3.05, 3.63) is 70.7 Å². The average molecular weight is 531 g/mol. The van der Waals surface area contributed by atoms with Gasteiger partial charge in [0.1, 0.15) is 18.2 Å². The normalized spacial score (nSPS) is 16.2. The molecule has 1 aliphatic rings. The zero-order valence-corrected chi connectivity index (χ0v) is 21.1. The first kappa shape index (κ1) is 27.8. The number of likely N-dealkylation sites (tertiary alicyclic amines) is 1. The summed E-state index contributed by atoms with van der Waals surface area (Å²) in [5, 5.41) is 22.0. The third kappa shape index (κ3) is 6.09. The molecule has 38 heavy (non-hydrogen) atoms. The van der Waals surface area contributed by atoms with Gasteiger partial charge >= 0.3 is 0 Å². The Bertz CT molecular complexity index is 1340. The van der Waals surface area contributed by atoms with Crippen LogP contribution in [0.25, 0.3) is 10.9 Å². The fraction of sp³-hybridized carbons (Fsp3) is 0.414. The minimum atomic E-state index is -1.28. The van der Waals surface area contributed by atoms with E-state index >= 15 is 0 Å². The maximum Gasteiger partial charge on any atom is 0.174 e. The van der Waals surface area contributed by atoms with Crippen LogP contribution in [0.15, 0.2) is 36.5 Å². The van der Waals surface area contributed by atoms with E-state index in [0.29, 0.717) is 72.6 Å². The van der Waals surface area contributed by atoms with Crippen LogP contribution in [-0.2, 0) is 6.67 Å². The minimum absolute atomic E-state index is 0.0616. The van der Waals surface area contributed by atoms with Gasteiger partial charge in [-0.05, 0) is 74.0 Å². The van der Waals surface area contributed by atoms with E-state index in [1.807, 2.05) is 4.90 Å². The SMILES string of the molecule is COc1ccc2ncc(CF)c([C@@H](O)CCC3(CO)CCN(CC#Cc4cc(F)cc(F)c4F)CC3)c2c1. The Balaban J connectivity index is 1.40. The number of aliphatic hydroxyl groups is 2. The highest BCUT2D eigenvalue weighted by molar-refractivity contribution is 5.85. The van der Waals surface area contributed by atoms with Crippen LogP contribution in [0.4, 0.5) is 17.6 Å². The number of hydrogen-bond acceptors (Lipinski definition) is 5. The lowest BCUT2D eigenvalue weighted by atomic mass is 9.74. The fourth-order valence-corrected chi connectivity index (χ4v) is 5.01. The van der Waals surface area contributed by atoms with Crippen molar-refractivity contribution in [2.24, 2.45) is 5.41 Å². The first-order valence-electron chi connectivity index (χ1n) is 12.5. The summed E-state index contributed by atoms with van der Waals surface area (Å²) in [5.74, 6) is 2.50. The van der Waals surface area contributed by atoms with Crippen LogP contribution in [0, 0.1) is 34.7 Å². The number of methoxy groups -OCH3 is 1. The highest BCUT2D eigenvalue weighted by atomic mass is 19.2. The van der Waals surface area contributed by atoms with Crippen molar-refractivity contribution in [1.29, 1.82) is 0 Å². The van der Waals surface area contributed by atoms with E-state index in [4.69, 9.17) is 4.74 Å². The van der Waals surface area contributed by atoms with Gasteiger partial charge in [0.2, 0.25) is 0 Å². The van der Waals surface area contributed by atoms with Crippen molar-refractivity contribution >= 4 is 10.9 Å². The molecule has 1 aromatic heterocycles. The Hall–Kier alpha value is -3.19. The topological polar surface area (TPSA) is 65.8 Å². The van der Waals surface area contributed by atoms with Crippen molar-refractivity contribution in [3.8, 4) is 17.6 Å². The summed E-state index contributed by atoms with van der Waals surface area (Å²) in [5.41, 5.74) is 0.688. The lowest BCUT2D eigenvalue weighted by Gasteiger charge is -2.40. The Morgan fingerprint density at radius 3 is 2.61 bits per heavy atom. The lowest BCUT2D eigenvalue weighted by molar-refractivity contribution is 0.0272. The molecular formula is C29H30F4N2O3. The summed E-state index contributed by atoms with van der Waals surface area (Å²) in [6.45, 7) is 0.674. The third-order valence-corrected chi connectivity index (χ3v) is 7.40. The Kier molecular flexibility index (Phi) is 8.87. The van der Waals surface area contributed by atoms with Crippen molar-refractivity contribution in [2.75, 3.05) is 33.4 Å². The molecular weight excluding hydrogens is 500 g/mol. The number of halogens is 4. The van der Waals surface area contributed by atoms with Gasteiger partial charge in [0, 0.05) is 29.8 Å². The van der Waals surface area contributed by atoms with E-state index in [9.17, 15) is 27.8 Å². The van der Waals surface area contributed by atoms with E-state index in [0.717, 1.165) is 6.07 Å². The van der Waals surface area contributed by atoms with Crippen LogP contribution in [-0.4, -0.2) is 53.4 Å². The van der Waals surface area contributed by atoms with Crippen LogP contribution < -0.4 is 4.74 Å². The molecule has 0 unspecified atom stereocenters. The van der Waals surface area contributed by atoms with E-state index in [-0.39, 0.29) is 18.7 Å². The van der Waals surface area contributed by atoms with Crippen LogP contribution in [0.1, 0.15) is 48.5 Å². The zero-order chi connectivity index (χ0) is 27.3. The molecule has 4 rings (SSSR count). The Labute approximate surface area is 219 Å². The first-order valence-corrected chi connectivity index (χ1v) is 12.5. The zero-order valence-electron chi connectivity index (χ0n) is 21.1. The van der Waals surface area contributed by atoms with E-state index in [2.05, 4.69) is 16.8 Å². The molecule has 202 valence electrons. The summed E-state index contributed by atoms with van der Waals surface area (Å²) in [4.78, 5) is 6.32. The minimum Gasteiger partial charge on any atom is -0.497 e. The van der Waals surface area contributed by atoms with E-state index < -0.39 is 35.6 Å². The number of fused-ring (bicyclic) bond motifs is 1. The molecule has 5 nitrogen and oxygen atoms in total. The second-order valence-corrected chi connectivity index (χ2v) is 9.75. The molecule has 3 aromatic rings. The number of benzene rings is 2. The van der Waals surface area contributed by atoms with Gasteiger partial charge in [0.05, 0.1) is 30.8 Å². The number of hydrogen-bond donors (Lipinski definition) is 2. The van der Waals surface area contributed by atoms with Crippen molar-refractivity contribution < 1.29 is 32.5 Å². The number of piperidine rings is 1. The summed E-state index contributed by atoms with van der Waals surface area (Å²) in [7, 11) is 1.53. The van der Waals surface area contributed by atoms with Crippen molar-refractivity contribution in [1.82, 2.24) is 9.88 Å². The molecule has 0 radical (unpaired) electrons. The second-order valence-electron chi connectivity index (χ2n) is 9.75. The summed E-state index contributed by atoms with van der Waals surface area (Å²) in [6.07, 6.45) is 2.63. The predicted molar refractivity (Wildman–Crippen MR) is 136 cm³/mol.